The molecule has 84 valence electrons. The lowest BCUT2D eigenvalue weighted by atomic mass is 10.1. The molecule has 0 unspecified atom stereocenters. The van der Waals surface area contributed by atoms with E-state index in [9.17, 15) is 4.39 Å². The molecule has 2 aromatic rings. The van der Waals surface area contributed by atoms with Crippen molar-refractivity contribution in [1.29, 1.82) is 0 Å². The third-order valence-corrected chi connectivity index (χ3v) is 2.84. The molecular formula is C11H10BrFN2O. The molecule has 0 spiro atoms. The minimum absolute atomic E-state index is 0.330. The first-order chi connectivity index (χ1) is 7.74. The molecule has 2 rings (SSSR count). The molecule has 1 heterocycles. The van der Waals surface area contributed by atoms with Crippen molar-refractivity contribution in [2.75, 3.05) is 7.05 Å². The zero-order valence-corrected chi connectivity index (χ0v) is 10.2. The Morgan fingerprint density at radius 3 is 3.00 bits per heavy atom. The molecule has 0 saturated carbocycles. The molecule has 0 aliphatic rings. The molecule has 0 saturated heterocycles. The number of nitrogens with zero attached hydrogens (tertiary/aromatic N) is 1. The highest BCUT2D eigenvalue weighted by Gasteiger charge is 2.17. The van der Waals surface area contributed by atoms with Gasteiger partial charge in [0.05, 0.1) is 5.56 Å². The van der Waals surface area contributed by atoms with E-state index in [1.54, 1.807) is 19.2 Å². The van der Waals surface area contributed by atoms with Crippen LogP contribution in [0.1, 0.15) is 5.69 Å². The summed E-state index contributed by atoms with van der Waals surface area (Å²) in [6.07, 6.45) is 1.32. The largest absolute Gasteiger partial charge is 0.443 e. The van der Waals surface area contributed by atoms with E-state index in [-0.39, 0.29) is 5.82 Å². The van der Waals surface area contributed by atoms with Crippen LogP contribution < -0.4 is 5.32 Å². The number of rotatable bonds is 3. The predicted molar refractivity (Wildman–Crippen MR) is 62.4 cm³/mol. The highest BCUT2D eigenvalue weighted by molar-refractivity contribution is 9.10. The van der Waals surface area contributed by atoms with Crippen molar-refractivity contribution in [2.24, 2.45) is 0 Å². The highest BCUT2D eigenvalue weighted by atomic mass is 79.9. The lowest BCUT2D eigenvalue weighted by Crippen LogP contribution is -2.06. The van der Waals surface area contributed by atoms with Crippen molar-refractivity contribution >= 4 is 15.9 Å². The first-order valence-electron chi connectivity index (χ1n) is 4.75. The van der Waals surface area contributed by atoms with Crippen LogP contribution in [0.5, 0.6) is 0 Å². The third kappa shape index (κ3) is 2.01. The number of benzene rings is 1. The van der Waals surface area contributed by atoms with E-state index >= 15 is 0 Å². The normalized spacial score (nSPS) is 10.7. The Morgan fingerprint density at radius 1 is 1.50 bits per heavy atom. The average molecular weight is 285 g/mol. The Balaban J connectivity index is 2.54. The molecule has 0 aliphatic heterocycles. The lowest BCUT2D eigenvalue weighted by molar-refractivity contribution is 0.559. The van der Waals surface area contributed by atoms with Gasteiger partial charge in [-0.15, -0.1) is 0 Å². The summed E-state index contributed by atoms with van der Waals surface area (Å²) in [4.78, 5) is 4.05. The van der Waals surface area contributed by atoms with Gasteiger partial charge in [-0.1, -0.05) is 6.07 Å². The van der Waals surface area contributed by atoms with Crippen LogP contribution >= 0.6 is 15.9 Å². The van der Waals surface area contributed by atoms with E-state index in [2.05, 4.69) is 26.2 Å². The molecule has 0 atom stereocenters. The monoisotopic (exact) mass is 284 g/mol. The standard InChI is InChI=1S/C11H10BrFN2O/c1-14-5-9-11(16-6-15-9)10-7(12)3-2-4-8(10)13/h2-4,6,14H,5H2,1H3. The Labute approximate surface area is 101 Å². The summed E-state index contributed by atoms with van der Waals surface area (Å²) in [6, 6.07) is 4.80. The van der Waals surface area contributed by atoms with E-state index in [0.717, 1.165) is 0 Å². The minimum atomic E-state index is -0.330. The van der Waals surface area contributed by atoms with Crippen molar-refractivity contribution in [3.63, 3.8) is 0 Å². The summed E-state index contributed by atoms with van der Waals surface area (Å²) in [5.74, 6) is 0.128. The summed E-state index contributed by atoms with van der Waals surface area (Å²) in [7, 11) is 1.80. The summed E-state index contributed by atoms with van der Waals surface area (Å²) < 4.78 is 19.6. The van der Waals surface area contributed by atoms with Gasteiger partial charge in [-0.05, 0) is 35.1 Å². The van der Waals surface area contributed by atoms with Crippen LogP contribution in [0.25, 0.3) is 11.3 Å². The van der Waals surface area contributed by atoms with Gasteiger partial charge < -0.3 is 9.73 Å². The molecule has 0 amide bonds. The predicted octanol–water partition coefficient (Wildman–Crippen LogP) is 2.96. The van der Waals surface area contributed by atoms with Gasteiger partial charge in [-0.2, -0.15) is 0 Å². The van der Waals surface area contributed by atoms with Crippen LogP contribution in [-0.2, 0) is 6.54 Å². The Hall–Kier alpha value is -1.20. The van der Waals surface area contributed by atoms with Crippen LogP contribution in [-0.4, -0.2) is 12.0 Å². The van der Waals surface area contributed by atoms with E-state index in [1.807, 2.05) is 0 Å². The van der Waals surface area contributed by atoms with Crippen LogP contribution in [0, 0.1) is 5.82 Å². The molecule has 1 aromatic carbocycles. The molecule has 0 bridgehead atoms. The van der Waals surface area contributed by atoms with E-state index < -0.39 is 0 Å². The zero-order chi connectivity index (χ0) is 11.5. The fraction of sp³-hybridized carbons (Fsp3) is 0.182. The fourth-order valence-corrected chi connectivity index (χ4v) is 2.00. The highest BCUT2D eigenvalue weighted by Crippen LogP contribution is 2.32. The van der Waals surface area contributed by atoms with Crippen molar-refractivity contribution in [3.05, 3.63) is 40.6 Å². The summed E-state index contributed by atoms with van der Waals surface area (Å²) >= 11 is 3.31. The zero-order valence-electron chi connectivity index (χ0n) is 8.63. The van der Waals surface area contributed by atoms with Crippen molar-refractivity contribution in [3.8, 4) is 11.3 Å². The molecule has 0 radical (unpaired) electrons. The molecule has 0 fully saturated rings. The maximum Gasteiger partial charge on any atom is 0.181 e. The first-order valence-corrected chi connectivity index (χ1v) is 5.54. The topological polar surface area (TPSA) is 38.1 Å². The molecule has 3 nitrogen and oxygen atoms in total. The van der Waals surface area contributed by atoms with Crippen LogP contribution in [0.2, 0.25) is 0 Å². The number of halogens is 2. The molecule has 16 heavy (non-hydrogen) atoms. The van der Waals surface area contributed by atoms with E-state index in [4.69, 9.17) is 4.42 Å². The van der Waals surface area contributed by atoms with E-state index in [0.29, 0.717) is 28.0 Å². The molecule has 0 aliphatic carbocycles. The Bertz CT molecular complexity index is 478. The number of nitrogens with one attached hydrogen (secondary N) is 1. The number of hydrogen-bond donors (Lipinski definition) is 1. The smallest absolute Gasteiger partial charge is 0.181 e. The first kappa shape index (κ1) is 11.3. The Kier molecular flexibility index (Phi) is 3.36. The Morgan fingerprint density at radius 2 is 2.31 bits per heavy atom. The van der Waals surface area contributed by atoms with Gasteiger partial charge >= 0.3 is 0 Å². The lowest BCUT2D eigenvalue weighted by Gasteiger charge is -2.04. The van der Waals surface area contributed by atoms with Crippen molar-refractivity contribution in [2.45, 2.75) is 6.54 Å². The van der Waals surface area contributed by atoms with Gasteiger partial charge in [0.1, 0.15) is 11.5 Å². The van der Waals surface area contributed by atoms with Gasteiger partial charge in [-0.3, -0.25) is 0 Å². The quantitative estimate of drug-likeness (QED) is 0.942. The van der Waals surface area contributed by atoms with Gasteiger partial charge in [-0.25, -0.2) is 9.37 Å². The van der Waals surface area contributed by atoms with E-state index in [1.165, 1.54) is 12.5 Å². The summed E-state index contributed by atoms with van der Waals surface area (Å²) in [5.41, 5.74) is 1.10. The second kappa shape index (κ2) is 4.76. The number of oxazole rings is 1. The van der Waals surface area contributed by atoms with Gasteiger partial charge in [0, 0.05) is 11.0 Å². The molecule has 1 N–H and O–H groups in total. The molecule has 1 aromatic heterocycles. The fourth-order valence-electron chi connectivity index (χ4n) is 1.48. The second-order valence-corrected chi connectivity index (χ2v) is 4.11. The number of hydrogen-bond acceptors (Lipinski definition) is 3. The van der Waals surface area contributed by atoms with Crippen molar-refractivity contribution in [1.82, 2.24) is 10.3 Å². The van der Waals surface area contributed by atoms with Crippen LogP contribution in [0.4, 0.5) is 4.39 Å². The SMILES string of the molecule is CNCc1ncoc1-c1c(F)cccc1Br. The average Bonchev–Trinajstić information content (AvgIpc) is 2.67. The van der Waals surface area contributed by atoms with Crippen LogP contribution in [0.3, 0.4) is 0 Å². The van der Waals surface area contributed by atoms with Crippen LogP contribution in [0.15, 0.2) is 33.5 Å². The van der Waals surface area contributed by atoms with Gasteiger partial charge in [0.15, 0.2) is 12.2 Å². The maximum atomic E-state index is 13.7. The second-order valence-electron chi connectivity index (χ2n) is 3.26. The summed E-state index contributed by atoms with van der Waals surface area (Å²) in [6.45, 7) is 0.534. The third-order valence-electron chi connectivity index (χ3n) is 2.18. The van der Waals surface area contributed by atoms with Gasteiger partial charge in [0.2, 0.25) is 0 Å². The molecule has 5 heteroatoms. The van der Waals surface area contributed by atoms with Gasteiger partial charge in [0.25, 0.3) is 0 Å². The van der Waals surface area contributed by atoms with Crippen molar-refractivity contribution < 1.29 is 8.81 Å². The molecular weight excluding hydrogens is 275 g/mol. The minimum Gasteiger partial charge on any atom is -0.443 e. The number of aromatic nitrogens is 1. The summed E-state index contributed by atoms with van der Waals surface area (Å²) in [5, 5.41) is 2.96. The maximum absolute atomic E-state index is 13.7.